The second-order valence-electron chi connectivity index (χ2n) is 14.4. The summed E-state index contributed by atoms with van der Waals surface area (Å²) in [6.07, 6.45) is 6.00. The molecule has 11 rings (SSSR count). The Morgan fingerprint density at radius 3 is 1.96 bits per heavy atom. The van der Waals surface area contributed by atoms with Gasteiger partial charge in [-0.2, -0.15) is 0 Å². The van der Waals surface area contributed by atoms with Gasteiger partial charge in [-0.1, -0.05) is 116 Å². The number of benzene rings is 7. The minimum Gasteiger partial charge on any atom is -0.455 e. The SMILES string of the molecule is c1ccc(-c2ccc(N(c3ccccc3)c3ccc4c(c3)C3(CCCCC3)c3cc5c6ccccc6oc5c5c6ccccc6n-4c35)cc2)cc1. The van der Waals surface area contributed by atoms with E-state index in [0.29, 0.717) is 0 Å². The molecule has 0 radical (unpaired) electrons. The van der Waals surface area contributed by atoms with Crippen molar-refractivity contribution in [3.63, 3.8) is 0 Å². The quantitative estimate of drug-likeness (QED) is 0.188. The lowest BCUT2D eigenvalue weighted by atomic mass is 9.63. The summed E-state index contributed by atoms with van der Waals surface area (Å²) in [5.41, 5.74) is 14.5. The molecular weight excluding hydrogens is 621 g/mol. The standard InChI is InChI=1S/C48H36N2O/c1-4-14-32(15-5-1)33-22-24-35(25-23-33)49(34-16-6-2-7-17-34)36-26-27-43-40(30-36)48(28-12-3-13-29-48)41-31-39-37-18-9-11-21-44(37)51-47(39)45-38-19-8-10-20-42(38)50(43)46(41)45/h1-2,4-11,14-27,30-31H,3,12-13,28-29H2. The zero-order valence-corrected chi connectivity index (χ0v) is 28.3. The topological polar surface area (TPSA) is 21.3 Å². The molecule has 0 bridgehead atoms. The van der Waals surface area contributed by atoms with Crippen LogP contribution in [-0.4, -0.2) is 4.57 Å². The summed E-state index contributed by atoms with van der Waals surface area (Å²) in [6, 6.07) is 57.7. The fourth-order valence-corrected chi connectivity index (χ4v) is 9.49. The zero-order valence-electron chi connectivity index (χ0n) is 28.3. The van der Waals surface area contributed by atoms with Crippen molar-refractivity contribution in [2.75, 3.05) is 4.90 Å². The highest BCUT2D eigenvalue weighted by molar-refractivity contribution is 6.25. The van der Waals surface area contributed by atoms with Gasteiger partial charge in [0.25, 0.3) is 0 Å². The van der Waals surface area contributed by atoms with Crippen LogP contribution in [0.15, 0.2) is 162 Å². The fourth-order valence-electron chi connectivity index (χ4n) is 9.49. The van der Waals surface area contributed by atoms with Crippen molar-refractivity contribution in [2.45, 2.75) is 37.5 Å². The van der Waals surface area contributed by atoms with Gasteiger partial charge >= 0.3 is 0 Å². The molecule has 2 aromatic heterocycles. The monoisotopic (exact) mass is 656 g/mol. The van der Waals surface area contributed by atoms with Crippen molar-refractivity contribution >= 4 is 60.8 Å². The summed E-state index contributed by atoms with van der Waals surface area (Å²) < 4.78 is 9.29. The minimum absolute atomic E-state index is 0.0989. The third-order valence-electron chi connectivity index (χ3n) is 11.7. The molecule has 3 heterocycles. The summed E-state index contributed by atoms with van der Waals surface area (Å²) in [5, 5.41) is 4.93. The van der Waals surface area contributed by atoms with Gasteiger partial charge in [-0.3, -0.25) is 0 Å². The highest BCUT2D eigenvalue weighted by atomic mass is 16.3. The van der Waals surface area contributed by atoms with E-state index in [9.17, 15) is 0 Å². The van der Waals surface area contributed by atoms with Gasteiger partial charge in [-0.05, 0) is 95.8 Å². The Kier molecular flexibility index (Phi) is 6.18. The van der Waals surface area contributed by atoms with Crippen LogP contribution in [0.2, 0.25) is 0 Å². The van der Waals surface area contributed by atoms with E-state index < -0.39 is 0 Å². The Labute approximate surface area is 297 Å². The molecule has 2 aliphatic rings. The Balaban J connectivity index is 1.19. The first-order chi connectivity index (χ1) is 25.3. The molecule has 0 saturated heterocycles. The number of anilines is 3. The summed E-state index contributed by atoms with van der Waals surface area (Å²) >= 11 is 0. The first-order valence-corrected chi connectivity index (χ1v) is 18.3. The van der Waals surface area contributed by atoms with Crippen molar-refractivity contribution in [3.8, 4) is 16.8 Å². The lowest BCUT2D eigenvalue weighted by Gasteiger charge is -2.44. The van der Waals surface area contributed by atoms with Crippen molar-refractivity contribution in [3.05, 3.63) is 169 Å². The molecule has 9 aromatic rings. The number of aromatic nitrogens is 1. The predicted molar refractivity (Wildman–Crippen MR) is 212 cm³/mol. The first kappa shape index (κ1) is 28.7. The van der Waals surface area contributed by atoms with Crippen LogP contribution in [0.25, 0.3) is 60.6 Å². The molecule has 1 fully saturated rings. The third-order valence-corrected chi connectivity index (χ3v) is 11.7. The third kappa shape index (κ3) is 4.12. The number of fused-ring (bicyclic) bond motifs is 11. The molecular formula is C48H36N2O. The van der Waals surface area contributed by atoms with Crippen molar-refractivity contribution in [1.82, 2.24) is 4.57 Å². The maximum atomic E-state index is 6.74. The second-order valence-corrected chi connectivity index (χ2v) is 14.4. The largest absolute Gasteiger partial charge is 0.455 e. The number of rotatable bonds is 4. The molecule has 3 nitrogen and oxygen atoms in total. The number of hydrogen-bond acceptors (Lipinski definition) is 2. The van der Waals surface area contributed by atoms with Gasteiger partial charge in [0.2, 0.25) is 0 Å². The van der Waals surface area contributed by atoms with Crippen LogP contribution in [0.4, 0.5) is 17.1 Å². The van der Waals surface area contributed by atoms with Crippen molar-refractivity contribution in [1.29, 1.82) is 0 Å². The van der Waals surface area contributed by atoms with E-state index in [1.807, 2.05) is 0 Å². The van der Waals surface area contributed by atoms with Crippen LogP contribution in [0.3, 0.4) is 0 Å². The van der Waals surface area contributed by atoms with Crippen LogP contribution < -0.4 is 4.90 Å². The maximum absolute atomic E-state index is 6.74. The molecule has 3 heteroatoms. The van der Waals surface area contributed by atoms with E-state index in [1.54, 1.807) is 0 Å². The molecule has 0 atom stereocenters. The van der Waals surface area contributed by atoms with E-state index in [2.05, 4.69) is 167 Å². The molecule has 1 aliphatic carbocycles. The minimum atomic E-state index is -0.0989. The highest BCUT2D eigenvalue weighted by Gasteiger charge is 2.44. The normalized spacial score (nSPS) is 14.8. The van der Waals surface area contributed by atoms with Crippen LogP contribution in [0.5, 0.6) is 0 Å². The van der Waals surface area contributed by atoms with Crippen LogP contribution in [-0.2, 0) is 5.41 Å². The molecule has 1 spiro atoms. The van der Waals surface area contributed by atoms with Gasteiger partial charge in [0.1, 0.15) is 11.2 Å². The molecule has 1 aliphatic heterocycles. The van der Waals surface area contributed by atoms with Crippen LogP contribution in [0.1, 0.15) is 43.2 Å². The van der Waals surface area contributed by atoms with Gasteiger partial charge in [-0.25, -0.2) is 0 Å². The Bertz CT molecular complexity index is 2770. The molecule has 51 heavy (non-hydrogen) atoms. The second kappa shape index (κ2) is 11.0. The molecule has 7 aromatic carbocycles. The summed E-state index contributed by atoms with van der Waals surface area (Å²) in [5.74, 6) is 0. The van der Waals surface area contributed by atoms with E-state index >= 15 is 0 Å². The van der Waals surface area contributed by atoms with Crippen molar-refractivity contribution < 1.29 is 4.42 Å². The molecule has 244 valence electrons. The number of nitrogens with zero attached hydrogens (tertiary/aromatic N) is 2. The zero-order chi connectivity index (χ0) is 33.5. The predicted octanol–water partition coefficient (Wildman–Crippen LogP) is 13.4. The molecule has 0 unspecified atom stereocenters. The van der Waals surface area contributed by atoms with Gasteiger partial charge in [0.15, 0.2) is 0 Å². The fraction of sp³-hybridized carbons (Fsp3) is 0.125. The maximum Gasteiger partial charge on any atom is 0.145 e. The molecule has 1 saturated carbocycles. The highest BCUT2D eigenvalue weighted by Crippen LogP contribution is 2.57. The van der Waals surface area contributed by atoms with Crippen molar-refractivity contribution in [2.24, 2.45) is 0 Å². The van der Waals surface area contributed by atoms with E-state index in [4.69, 9.17) is 4.42 Å². The van der Waals surface area contributed by atoms with Crippen LogP contribution >= 0.6 is 0 Å². The number of hydrogen-bond donors (Lipinski definition) is 0. The van der Waals surface area contributed by atoms with Gasteiger partial charge in [0, 0.05) is 38.6 Å². The average molecular weight is 657 g/mol. The number of para-hydroxylation sites is 3. The summed E-state index contributed by atoms with van der Waals surface area (Å²) in [4.78, 5) is 2.43. The molecule has 0 amide bonds. The molecule has 0 N–H and O–H groups in total. The first-order valence-electron chi connectivity index (χ1n) is 18.3. The Hall–Kier alpha value is -6.06. The smallest absolute Gasteiger partial charge is 0.145 e. The van der Waals surface area contributed by atoms with Gasteiger partial charge < -0.3 is 13.9 Å². The van der Waals surface area contributed by atoms with E-state index in [1.165, 1.54) is 85.5 Å². The number of furan rings is 1. The van der Waals surface area contributed by atoms with Gasteiger partial charge in [-0.15, -0.1) is 0 Å². The van der Waals surface area contributed by atoms with E-state index in [-0.39, 0.29) is 5.41 Å². The lowest BCUT2D eigenvalue weighted by Crippen LogP contribution is -2.35. The Morgan fingerprint density at radius 1 is 0.510 bits per heavy atom. The van der Waals surface area contributed by atoms with Crippen LogP contribution in [0, 0.1) is 0 Å². The summed E-state index contributed by atoms with van der Waals surface area (Å²) in [6.45, 7) is 0. The lowest BCUT2D eigenvalue weighted by molar-refractivity contribution is 0.344. The Morgan fingerprint density at radius 2 is 1.16 bits per heavy atom. The summed E-state index contributed by atoms with van der Waals surface area (Å²) in [7, 11) is 0. The van der Waals surface area contributed by atoms with E-state index in [0.717, 1.165) is 35.4 Å². The average Bonchev–Trinajstić information content (AvgIpc) is 3.75. The van der Waals surface area contributed by atoms with Gasteiger partial charge in [0.05, 0.1) is 22.1 Å².